The molecule has 1 atom stereocenters. The highest BCUT2D eigenvalue weighted by Crippen LogP contribution is 2.27. The molecular formula is C15H17ClN2O. The number of aromatic nitrogens is 1. The molecule has 100 valence electrons. The van der Waals surface area contributed by atoms with E-state index in [4.69, 9.17) is 11.6 Å². The molecule has 0 spiro atoms. The zero-order valence-electron chi connectivity index (χ0n) is 11.0. The molecule has 2 aromatic rings. The lowest BCUT2D eigenvalue weighted by Crippen LogP contribution is -2.33. The van der Waals surface area contributed by atoms with E-state index in [9.17, 15) is 4.79 Å². The second kappa shape index (κ2) is 4.89. The van der Waals surface area contributed by atoms with Gasteiger partial charge in [0.1, 0.15) is 6.04 Å². The number of benzene rings is 1. The maximum absolute atomic E-state index is 12.4. The topological polar surface area (TPSA) is 25.2 Å². The van der Waals surface area contributed by atoms with Crippen molar-refractivity contribution in [2.24, 2.45) is 0 Å². The standard InChI is InChI=1S/C15H17ClN2O/c1-11(15(19)17-8-2-3-9-17)18-10-7-12-13(16)5-4-6-14(12)18/h4-7,10-11H,2-3,8-9H2,1H3. The lowest BCUT2D eigenvalue weighted by atomic mass is 10.2. The summed E-state index contributed by atoms with van der Waals surface area (Å²) in [6.45, 7) is 3.74. The molecule has 3 nitrogen and oxygen atoms in total. The van der Waals surface area contributed by atoms with Crippen LogP contribution >= 0.6 is 11.6 Å². The van der Waals surface area contributed by atoms with Crippen LogP contribution in [0.25, 0.3) is 10.9 Å². The van der Waals surface area contributed by atoms with Crippen molar-refractivity contribution in [3.63, 3.8) is 0 Å². The van der Waals surface area contributed by atoms with E-state index in [0.717, 1.165) is 41.9 Å². The Morgan fingerprint density at radius 1 is 1.26 bits per heavy atom. The highest BCUT2D eigenvalue weighted by molar-refractivity contribution is 6.35. The Morgan fingerprint density at radius 3 is 2.74 bits per heavy atom. The van der Waals surface area contributed by atoms with Crippen molar-refractivity contribution < 1.29 is 4.79 Å². The molecule has 1 saturated heterocycles. The smallest absolute Gasteiger partial charge is 0.245 e. The summed E-state index contributed by atoms with van der Waals surface area (Å²) in [4.78, 5) is 14.4. The van der Waals surface area contributed by atoms with Crippen LogP contribution in [0.4, 0.5) is 0 Å². The minimum absolute atomic E-state index is 0.172. The number of amides is 1. The van der Waals surface area contributed by atoms with Crippen molar-refractivity contribution in [2.45, 2.75) is 25.8 Å². The summed E-state index contributed by atoms with van der Waals surface area (Å²) in [6, 6.07) is 7.62. The normalized spacial score (nSPS) is 17.1. The molecule has 0 saturated carbocycles. The fourth-order valence-corrected chi connectivity index (χ4v) is 3.04. The number of likely N-dealkylation sites (tertiary alicyclic amines) is 1. The highest BCUT2D eigenvalue weighted by atomic mass is 35.5. The lowest BCUT2D eigenvalue weighted by molar-refractivity contribution is -0.133. The van der Waals surface area contributed by atoms with Crippen LogP contribution in [0.2, 0.25) is 5.02 Å². The van der Waals surface area contributed by atoms with Crippen molar-refractivity contribution in [3.8, 4) is 0 Å². The van der Waals surface area contributed by atoms with Crippen molar-refractivity contribution in [2.75, 3.05) is 13.1 Å². The van der Waals surface area contributed by atoms with E-state index < -0.39 is 0 Å². The summed E-state index contributed by atoms with van der Waals surface area (Å²) in [5.74, 6) is 0.204. The second-order valence-corrected chi connectivity index (χ2v) is 5.51. The Hall–Kier alpha value is -1.48. The number of halogens is 1. The van der Waals surface area contributed by atoms with E-state index in [1.165, 1.54) is 0 Å². The van der Waals surface area contributed by atoms with Crippen molar-refractivity contribution in [3.05, 3.63) is 35.5 Å². The molecule has 1 aliphatic rings. The van der Waals surface area contributed by atoms with Gasteiger partial charge in [0.25, 0.3) is 0 Å². The first-order valence-electron chi connectivity index (χ1n) is 6.72. The van der Waals surface area contributed by atoms with Crippen LogP contribution in [0.5, 0.6) is 0 Å². The summed E-state index contributed by atoms with van der Waals surface area (Å²) >= 11 is 6.17. The first-order chi connectivity index (χ1) is 9.18. The Kier molecular flexibility index (Phi) is 3.23. The monoisotopic (exact) mass is 276 g/mol. The van der Waals surface area contributed by atoms with Crippen LogP contribution in [0.1, 0.15) is 25.8 Å². The van der Waals surface area contributed by atoms with Gasteiger partial charge in [-0.05, 0) is 38.0 Å². The zero-order chi connectivity index (χ0) is 13.4. The number of rotatable bonds is 2. The maximum Gasteiger partial charge on any atom is 0.245 e. The lowest BCUT2D eigenvalue weighted by Gasteiger charge is -2.22. The number of hydrogen-bond acceptors (Lipinski definition) is 1. The summed E-state index contributed by atoms with van der Waals surface area (Å²) in [7, 11) is 0. The van der Waals surface area contributed by atoms with Gasteiger partial charge in [-0.3, -0.25) is 4.79 Å². The number of carbonyl (C=O) groups excluding carboxylic acids is 1. The first kappa shape index (κ1) is 12.5. The van der Waals surface area contributed by atoms with Gasteiger partial charge in [0.05, 0.1) is 5.52 Å². The van der Waals surface area contributed by atoms with E-state index in [1.54, 1.807) is 0 Å². The van der Waals surface area contributed by atoms with Gasteiger partial charge in [-0.15, -0.1) is 0 Å². The minimum atomic E-state index is -0.172. The quantitative estimate of drug-likeness (QED) is 0.824. The van der Waals surface area contributed by atoms with E-state index in [-0.39, 0.29) is 11.9 Å². The third-order valence-electron chi connectivity index (χ3n) is 3.90. The second-order valence-electron chi connectivity index (χ2n) is 5.10. The third-order valence-corrected chi connectivity index (χ3v) is 4.23. The molecule has 1 unspecified atom stereocenters. The molecule has 19 heavy (non-hydrogen) atoms. The van der Waals surface area contributed by atoms with Gasteiger partial charge in [0, 0.05) is 29.7 Å². The molecule has 3 rings (SSSR count). The predicted octanol–water partition coefficient (Wildman–Crippen LogP) is 3.48. The Labute approximate surface area is 117 Å². The van der Waals surface area contributed by atoms with Crippen LogP contribution in [0.3, 0.4) is 0 Å². The van der Waals surface area contributed by atoms with Crippen LogP contribution in [-0.4, -0.2) is 28.5 Å². The van der Waals surface area contributed by atoms with Crippen molar-refractivity contribution in [1.82, 2.24) is 9.47 Å². The summed E-state index contributed by atoms with van der Waals surface area (Å²) in [5, 5.41) is 1.74. The fraction of sp³-hybridized carbons (Fsp3) is 0.400. The van der Waals surface area contributed by atoms with Gasteiger partial charge < -0.3 is 9.47 Å². The van der Waals surface area contributed by atoms with Crippen LogP contribution in [0, 0.1) is 0 Å². The summed E-state index contributed by atoms with van der Waals surface area (Å²) < 4.78 is 2.02. The summed E-state index contributed by atoms with van der Waals surface area (Å²) in [6.07, 6.45) is 4.20. The van der Waals surface area contributed by atoms with E-state index in [1.807, 2.05) is 46.9 Å². The van der Waals surface area contributed by atoms with Crippen molar-refractivity contribution >= 4 is 28.4 Å². The summed E-state index contributed by atoms with van der Waals surface area (Å²) in [5.41, 5.74) is 1.02. The van der Waals surface area contributed by atoms with Crippen LogP contribution < -0.4 is 0 Å². The molecule has 1 aromatic carbocycles. The molecule has 0 N–H and O–H groups in total. The largest absolute Gasteiger partial charge is 0.341 e. The Morgan fingerprint density at radius 2 is 2.00 bits per heavy atom. The number of nitrogens with zero attached hydrogens (tertiary/aromatic N) is 2. The maximum atomic E-state index is 12.4. The van der Waals surface area contributed by atoms with Gasteiger partial charge in [0.15, 0.2) is 0 Å². The average Bonchev–Trinajstić information content (AvgIpc) is 3.07. The Balaban J connectivity index is 1.95. The number of hydrogen-bond donors (Lipinski definition) is 0. The van der Waals surface area contributed by atoms with Gasteiger partial charge >= 0.3 is 0 Å². The molecule has 1 aromatic heterocycles. The molecule has 4 heteroatoms. The predicted molar refractivity (Wildman–Crippen MR) is 77.5 cm³/mol. The van der Waals surface area contributed by atoms with E-state index in [0.29, 0.717) is 0 Å². The fourth-order valence-electron chi connectivity index (χ4n) is 2.81. The highest BCUT2D eigenvalue weighted by Gasteiger charge is 2.24. The molecular weight excluding hydrogens is 260 g/mol. The zero-order valence-corrected chi connectivity index (χ0v) is 11.7. The van der Waals surface area contributed by atoms with Gasteiger partial charge in [-0.25, -0.2) is 0 Å². The molecule has 1 fully saturated rings. The molecule has 2 heterocycles. The van der Waals surface area contributed by atoms with Crippen LogP contribution in [0.15, 0.2) is 30.5 Å². The minimum Gasteiger partial charge on any atom is -0.341 e. The Bertz CT molecular complexity index is 614. The van der Waals surface area contributed by atoms with Gasteiger partial charge in [0.2, 0.25) is 5.91 Å². The molecule has 1 amide bonds. The van der Waals surface area contributed by atoms with E-state index >= 15 is 0 Å². The molecule has 0 aliphatic carbocycles. The molecule has 1 aliphatic heterocycles. The SMILES string of the molecule is CC(C(=O)N1CCCC1)n1ccc2c(Cl)cccc21. The number of carbonyl (C=O) groups is 1. The first-order valence-corrected chi connectivity index (χ1v) is 7.10. The number of fused-ring (bicyclic) bond motifs is 1. The van der Waals surface area contributed by atoms with Crippen molar-refractivity contribution in [1.29, 1.82) is 0 Å². The van der Waals surface area contributed by atoms with Gasteiger partial charge in [-0.2, -0.15) is 0 Å². The average molecular weight is 277 g/mol. The molecule has 0 bridgehead atoms. The third kappa shape index (κ3) is 2.12. The van der Waals surface area contributed by atoms with Crippen LogP contribution in [-0.2, 0) is 4.79 Å². The van der Waals surface area contributed by atoms with E-state index in [2.05, 4.69) is 0 Å². The van der Waals surface area contributed by atoms with Gasteiger partial charge in [-0.1, -0.05) is 17.7 Å². The molecule has 0 radical (unpaired) electrons.